The molecule has 0 heterocycles. The van der Waals surface area contributed by atoms with Crippen molar-refractivity contribution < 1.29 is 34.0 Å². The molecule has 7 heteroatoms. The summed E-state index contributed by atoms with van der Waals surface area (Å²) in [6.07, 6.45) is 2.98. The van der Waals surface area contributed by atoms with Crippen molar-refractivity contribution in [3.8, 4) is 0 Å². The minimum absolute atomic E-state index is 0.139. The van der Waals surface area contributed by atoms with Crippen LogP contribution in [0.4, 0.5) is 0 Å². The normalized spacial score (nSPS) is 9.43. The number of methoxy groups -OCH3 is 1. The van der Waals surface area contributed by atoms with Crippen LogP contribution in [0, 0.1) is 0 Å². The minimum Gasteiger partial charge on any atom is -0.480 e. The first kappa shape index (κ1) is 27.1. The van der Waals surface area contributed by atoms with Crippen LogP contribution in [0.5, 0.6) is 0 Å². The molecule has 0 aliphatic rings. The number of carbonyl (C=O) groups is 1. The number of aliphatic hydroxyl groups is 1. The van der Waals surface area contributed by atoms with Gasteiger partial charge in [-0.15, -0.1) is 0 Å². The van der Waals surface area contributed by atoms with E-state index in [1.54, 1.807) is 7.11 Å². The van der Waals surface area contributed by atoms with E-state index in [0.29, 0.717) is 19.8 Å². The van der Waals surface area contributed by atoms with Crippen molar-refractivity contribution in [1.29, 1.82) is 0 Å². The van der Waals surface area contributed by atoms with Crippen molar-refractivity contribution in [2.75, 3.05) is 60.0 Å². The number of carboxylic acids is 1. The number of hydrogen-bond acceptors (Lipinski definition) is 6. The molecule has 0 atom stereocenters. The van der Waals surface area contributed by atoms with Gasteiger partial charge in [-0.05, 0) is 19.3 Å². The number of hydrogen-bond donors (Lipinski definition) is 2. The van der Waals surface area contributed by atoms with Crippen molar-refractivity contribution >= 4 is 5.97 Å². The summed E-state index contributed by atoms with van der Waals surface area (Å²) in [5, 5.41) is 16.2. The molecule has 0 aromatic carbocycles. The van der Waals surface area contributed by atoms with Gasteiger partial charge in [0.1, 0.15) is 6.61 Å². The maximum Gasteiger partial charge on any atom is 0.329 e. The molecule has 0 aromatic rings. The van der Waals surface area contributed by atoms with E-state index in [-0.39, 0.29) is 13.2 Å². The molecule has 0 spiro atoms. The molecule has 0 aliphatic heterocycles. The molecule has 0 rings (SSSR count). The predicted molar refractivity (Wildman–Crippen MR) is 89.9 cm³/mol. The maximum absolute atomic E-state index is 9.75. The lowest BCUT2D eigenvalue weighted by molar-refractivity contribution is -0.142. The van der Waals surface area contributed by atoms with Crippen molar-refractivity contribution in [2.24, 2.45) is 0 Å². The van der Waals surface area contributed by atoms with Crippen LogP contribution in [0.2, 0.25) is 0 Å². The Morgan fingerprint density at radius 3 is 1.65 bits per heavy atom. The molecular weight excluding hydrogens is 304 g/mol. The van der Waals surface area contributed by atoms with Crippen molar-refractivity contribution in [3.63, 3.8) is 0 Å². The fourth-order valence-corrected chi connectivity index (χ4v) is 1.00. The van der Waals surface area contributed by atoms with Gasteiger partial charge in [0.25, 0.3) is 0 Å². The van der Waals surface area contributed by atoms with E-state index in [9.17, 15) is 4.79 Å². The Morgan fingerprint density at radius 1 is 0.783 bits per heavy atom. The van der Waals surface area contributed by atoms with Gasteiger partial charge in [-0.25, -0.2) is 4.79 Å². The summed E-state index contributed by atoms with van der Waals surface area (Å²) in [4.78, 5) is 9.75. The highest BCUT2D eigenvalue weighted by atomic mass is 16.5. The molecule has 0 amide bonds. The smallest absolute Gasteiger partial charge is 0.329 e. The molecule has 0 aliphatic carbocycles. The summed E-state index contributed by atoms with van der Waals surface area (Å²) in [5.41, 5.74) is 0. The molecular formula is C16H36O7. The number of aliphatic hydroxyl groups excluding tert-OH is 1. The summed E-state index contributed by atoms with van der Waals surface area (Å²) in [5.74, 6) is -0.904. The lowest BCUT2D eigenvalue weighted by atomic mass is 10.5. The second-order valence-electron chi connectivity index (χ2n) is 4.39. The van der Waals surface area contributed by atoms with Gasteiger partial charge in [0.05, 0.1) is 26.4 Å². The van der Waals surface area contributed by atoms with Crippen LogP contribution in [0.3, 0.4) is 0 Å². The monoisotopic (exact) mass is 340 g/mol. The average molecular weight is 340 g/mol. The van der Waals surface area contributed by atoms with Gasteiger partial charge in [0.15, 0.2) is 0 Å². The van der Waals surface area contributed by atoms with Crippen LogP contribution in [0.25, 0.3) is 0 Å². The zero-order chi connectivity index (χ0) is 18.2. The number of ether oxygens (including phenoxy) is 4. The Bertz CT molecular complexity index is 191. The van der Waals surface area contributed by atoms with Crippen LogP contribution in [-0.2, 0) is 23.7 Å². The largest absolute Gasteiger partial charge is 0.480 e. The van der Waals surface area contributed by atoms with E-state index >= 15 is 0 Å². The topological polar surface area (TPSA) is 94.5 Å². The van der Waals surface area contributed by atoms with Crippen molar-refractivity contribution in [3.05, 3.63) is 0 Å². The average Bonchev–Trinajstić information content (AvgIpc) is 2.53. The summed E-state index contributed by atoms with van der Waals surface area (Å²) < 4.78 is 19.4. The fraction of sp³-hybridized carbons (Fsp3) is 0.938. The Labute approximate surface area is 140 Å². The fourth-order valence-electron chi connectivity index (χ4n) is 1.00. The van der Waals surface area contributed by atoms with Crippen LogP contribution in [0.15, 0.2) is 0 Å². The number of rotatable bonds is 13. The molecule has 0 saturated carbocycles. The second kappa shape index (κ2) is 29.3. The Morgan fingerprint density at radius 2 is 1.26 bits per heavy atom. The van der Waals surface area contributed by atoms with E-state index in [1.165, 1.54) is 0 Å². The van der Waals surface area contributed by atoms with Crippen molar-refractivity contribution in [2.45, 2.75) is 40.0 Å². The Balaban J connectivity index is -0.000000262. The van der Waals surface area contributed by atoms with Crippen LogP contribution in [0.1, 0.15) is 40.0 Å². The first-order chi connectivity index (χ1) is 11.1. The van der Waals surface area contributed by atoms with E-state index in [4.69, 9.17) is 24.4 Å². The lowest BCUT2D eigenvalue weighted by Gasteiger charge is -1.98. The minimum atomic E-state index is -0.904. The third kappa shape index (κ3) is 44.9. The van der Waals surface area contributed by atoms with Gasteiger partial charge < -0.3 is 29.2 Å². The molecule has 0 unspecified atom stereocenters. The van der Waals surface area contributed by atoms with E-state index in [0.717, 1.165) is 39.1 Å². The van der Waals surface area contributed by atoms with Gasteiger partial charge in [0.2, 0.25) is 0 Å². The number of carboxylic acid groups (broad SMARTS) is 1. The Kier molecular flexibility index (Phi) is 34.6. The standard InChI is InChI=1S/C6H14O2.C5H10O3.C5H12O2/c1-3-4-8-6-5-7-2;1-2-3-8-4-5(6)7;1-2-4-7-5-3-6/h3-6H2,1-2H3;2-4H2,1H3,(H,6,7);6H,2-5H2,1H3. The zero-order valence-corrected chi connectivity index (χ0v) is 15.2. The third-order valence-corrected chi connectivity index (χ3v) is 1.94. The first-order valence-electron chi connectivity index (χ1n) is 8.15. The van der Waals surface area contributed by atoms with Gasteiger partial charge in [0, 0.05) is 26.9 Å². The first-order valence-corrected chi connectivity index (χ1v) is 8.15. The summed E-state index contributed by atoms with van der Waals surface area (Å²) >= 11 is 0. The molecule has 0 bridgehead atoms. The van der Waals surface area contributed by atoms with Crippen LogP contribution >= 0.6 is 0 Å². The quantitative estimate of drug-likeness (QED) is 0.495. The highest BCUT2D eigenvalue weighted by molar-refractivity contribution is 5.67. The van der Waals surface area contributed by atoms with Gasteiger partial charge in [-0.3, -0.25) is 0 Å². The maximum atomic E-state index is 9.75. The highest BCUT2D eigenvalue weighted by Gasteiger charge is 1.92. The van der Waals surface area contributed by atoms with E-state index in [2.05, 4.69) is 11.7 Å². The zero-order valence-electron chi connectivity index (χ0n) is 15.2. The second-order valence-corrected chi connectivity index (χ2v) is 4.39. The molecule has 0 aromatic heterocycles. The molecule has 2 N–H and O–H groups in total. The molecule has 142 valence electrons. The van der Waals surface area contributed by atoms with Crippen LogP contribution < -0.4 is 0 Å². The molecule has 0 radical (unpaired) electrons. The van der Waals surface area contributed by atoms with Crippen molar-refractivity contribution in [1.82, 2.24) is 0 Å². The van der Waals surface area contributed by atoms with Gasteiger partial charge in [-0.1, -0.05) is 20.8 Å². The molecule has 23 heavy (non-hydrogen) atoms. The number of aliphatic carboxylic acids is 1. The summed E-state index contributed by atoms with van der Waals surface area (Å²) in [6, 6.07) is 0. The Hall–Kier alpha value is -0.730. The predicted octanol–water partition coefficient (Wildman–Crippen LogP) is 1.96. The van der Waals surface area contributed by atoms with Gasteiger partial charge >= 0.3 is 5.97 Å². The SMILES string of the molecule is CCCOCC(=O)O.CCCOCCO.CCCOCCOC. The van der Waals surface area contributed by atoms with E-state index in [1.807, 2.05) is 13.8 Å². The lowest BCUT2D eigenvalue weighted by Crippen LogP contribution is -2.06. The molecule has 0 saturated heterocycles. The van der Waals surface area contributed by atoms with Gasteiger partial charge in [-0.2, -0.15) is 0 Å². The molecule has 7 nitrogen and oxygen atoms in total. The summed E-state index contributed by atoms with van der Waals surface area (Å²) in [6.45, 7) is 10.1. The summed E-state index contributed by atoms with van der Waals surface area (Å²) in [7, 11) is 1.68. The van der Waals surface area contributed by atoms with Crippen LogP contribution in [-0.4, -0.2) is 76.1 Å². The third-order valence-electron chi connectivity index (χ3n) is 1.94. The highest BCUT2D eigenvalue weighted by Crippen LogP contribution is 1.79. The van der Waals surface area contributed by atoms with E-state index < -0.39 is 5.97 Å². The molecule has 0 fully saturated rings.